The molecule has 1 heterocycles. The topological polar surface area (TPSA) is 13.1 Å². The highest BCUT2D eigenvalue weighted by Crippen LogP contribution is 2.49. The van der Waals surface area contributed by atoms with Crippen molar-refractivity contribution in [2.24, 2.45) is 0 Å². The zero-order valence-electron chi connectivity index (χ0n) is 43.8. The molecule has 262 valence electrons. The van der Waals surface area contributed by atoms with E-state index < -0.39 is 78.6 Å². The Morgan fingerprint density at radius 3 is 1.39 bits per heavy atom. The minimum absolute atomic E-state index is 0.0557. The summed E-state index contributed by atoms with van der Waals surface area (Å²) in [7, 11) is 0. The van der Waals surface area contributed by atoms with Gasteiger partial charge in [-0.2, -0.15) is 0 Å². The lowest BCUT2D eigenvalue weighted by Gasteiger charge is -2.22. The Labute approximate surface area is 348 Å². The third-order valence-electron chi connectivity index (χ3n) is 11.5. The fraction of sp³-hybridized carbons (Fsp3) is 0. The Kier molecular flexibility index (Phi) is 4.13. The van der Waals surface area contributed by atoms with Crippen molar-refractivity contribution in [2.45, 2.75) is 0 Å². The zero-order valence-corrected chi connectivity index (χ0v) is 29.8. The van der Waals surface area contributed by atoms with Crippen LogP contribution in [0.5, 0.6) is 0 Å². The maximum absolute atomic E-state index is 10.8. The average molecular weight is 735 g/mol. The molecule has 13 aromatic rings. The molecule has 0 atom stereocenters. The van der Waals surface area contributed by atoms with Gasteiger partial charge in [-0.05, 0) is 139 Å². The molecule has 0 amide bonds. The second kappa shape index (κ2) is 11.5. The largest absolute Gasteiger partial charge is 0.456 e. The number of rotatable bonds is 4. The van der Waals surface area contributed by atoms with Gasteiger partial charge in [-0.15, -0.1) is 0 Å². The smallest absolute Gasteiger partial charge is 0.135 e. The molecule has 1 aromatic heterocycles. The Balaban J connectivity index is 1.30. The zero-order chi connectivity index (χ0) is 49.4. The Hall–Kier alpha value is -7.48. The van der Waals surface area contributed by atoms with Crippen LogP contribution in [0.3, 0.4) is 0 Å². The van der Waals surface area contributed by atoms with Gasteiger partial charge in [0.2, 0.25) is 0 Å². The van der Waals surface area contributed by atoms with Gasteiger partial charge in [0.25, 0.3) is 0 Å². The highest BCUT2D eigenvalue weighted by molar-refractivity contribution is 6.28. The van der Waals surface area contributed by atoms with E-state index in [1.54, 1.807) is 0 Å². The van der Waals surface area contributed by atoms with Crippen LogP contribution >= 0.6 is 0 Å². The predicted molar refractivity (Wildman–Crippen MR) is 243 cm³/mol. The summed E-state index contributed by atoms with van der Waals surface area (Å²) in [5.74, 6) is 0. The lowest BCUT2D eigenvalue weighted by molar-refractivity contribution is 0.669. The number of hydrogen-bond acceptors (Lipinski definition) is 1. The van der Waals surface area contributed by atoms with Crippen molar-refractivity contribution < 1.29 is 23.6 Å². The number of para-hydroxylation sites is 1. The van der Waals surface area contributed by atoms with E-state index in [-0.39, 0.29) is 61.4 Å². The Bertz CT molecular complexity index is 4520. The monoisotopic (exact) mass is 734 g/mol. The maximum Gasteiger partial charge on any atom is 0.135 e. The number of furan rings is 1. The first kappa shape index (κ1) is 20.4. The second-order valence-electron chi connectivity index (χ2n) is 14.4. The van der Waals surface area contributed by atoms with Gasteiger partial charge < -0.3 is 4.42 Å². The van der Waals surface area contributed by atoms with Crippen LogP contribution in [-0.4, -0.2) is 0 Å². The molecule has 12 aromatic carbocycles. The molecule has 0 aliphatic carbocycles. The van der Waals surface area contributed by atoms with E-state index in [0.717, 1.165) is 53.9 Å². The van der Waals surface area contributed by atoms with Gasteiger partial charge >= 0.3 is 0 Å². The lowest BCUT2D eigenvalue weighted by Crippen LogP contribution is -1.95. The first-order valence-corrected chi connectivity index (χ1v) is 18.6. The van der Waals surface area contributed by atoms with E-state index in [0.29, 0.717) is 21.9 Å². The fourth-order valence-corrected chi connectivity index (χ4v) is 8.99. The highest BCUT2D eigenvalue weighted by atomic mass is 16.3. The van der Waals surface area contributed by atoms with Gasteiger partial charge in [0.05, 0.1) is 19.2 Å². The first-order chi connectivity index (χ1) is 34.1. The van der Waals surface area contributed by atoms with Crippen LogP contribution in [0.4, 0.5) is 0 Å². The van der Waals surface area contributed by atoms with E-state index in [9.17, 15) is 9.60 Å². The van der Waals surface area contributed by atoms with Gasteiger partial charge in [0.15, 0.2) is 0 Å². The van der Waals surface area contributed by atoms with Crippen LogP contribution in [0.1, 0.15) is 19.2 Å². The minimum Gasteiger partial charge on any atom is -0.456 e. The molecule has 0 aliphatic rings. The fourth-order valence-electron chi connectivity index (χ4n) is 8.99. The standard InChI is InChI=1S/C56H32O/c1-2-8-33(9-3-1)46-31-47(40-24-29-52-50(30-40)43-14-4-5-15-51(43)57-52)49(42-26-21-39-19-17-35-11-7-13-37-23-28-45(42)56(39)54(35)37)32-48(46)41-25-20-38-18-16-34-10-6-12-36-22-27-44(41)55(38)53(34)36/h1-32H/i1D,2D,3D,4D,5D,8D,9D,14D,15D,24D,29D,30D,31D,32D. The molecule has 0 spiro atoms. The summed E-state index contributed by atoms with van der Waals surface area (Å²) in [5, 5.41) is 10.1. The minimum atomic E-state index is -0.679. The Morgan fingerprint density at radius 1 is 0.298 bits per heavy atom. The number of benzene rings is 12. The first-order valence-electron chi connectivity index (χ1n) is 25.6. The van der Waals surface area contributed by atoms with Gasteiger partial charge in [0, 0.05) is 10.8 Å². The Morgan fingerprint density at radius 2 is 0.772 bits per heavy atom. The molecule has 0 saturated carbocycles. The van der Waals surface area contributed by atoms with E-state index in [4.69, 9.17) is 14.0 Å². The normalized spacial score (nSPS) is 15.6. The molecule has 0 N–H and O–H groups in total. The van der Waals surface area contributed by atoms with Crippen molar-refractivity contribution >= 4 is 86.6 Å². The van der Waals surface area contributed by atoms with Crippen molar-refractivity contribution in [1.29, 1.82) is 0 Å². The van der Waals surface area contributed by atoms with Crippen molar-refractivity contribution in [2.75, 3.05) is 0 Å². The summed E-state index contributed by atoms with van der Waals surface area (Å²) >= 11 is 0. The van der Waals surface area contributed by atoms with E-state index in [1.165, 1.54) is 0 Å². The van der Waals surface area contributed by atoms with Gasteiger partial charge in [-0.3, -0.25) is 0 Å². The summed E-state index contributed by atoms with van der Waals surface area (Å²) in [6.07, 6.45) is 0. The highest BCUT2D eigenvalue weighted by Gasteiger charge is 2.22. The molecular weight excluding hydrogens is 689 g/mol. The molecule has 0 aliphatic heterocycles. The summed E-state index contributed by atoms with van der Waals surface area (Å²) in [4.78, 5) is 0. The summed E-state index contributed by atoms with van der Waals surface area (Å²) in [6, 6.07) is 27.1. The molecule has 0 saturated heterocycles. The summed E-state index contributed by atoms with van der Waals surface area (Å²) in [6.45, 7) is 0. The van der Waals surface area contributed by atoms with Crippen LogP contribution in [0.25, 0.3) is 131 Å². The lowest BCUT2D eigenvalue weighted by atomic mass is 9.81. The SMILES string of the molecule is [2H]c1c([2H])c([2H])c(-c2c([2H])c(-c3c([2H])c([2H])c4oc5c([2H])c([2H])c([2H])c([2H])c5c4c3[2H])c(-c3ccc4ccc5cccc6ccc3c4c56)c([2H])c2-c2ccc3ccc4cccc5ccc2c3c45)c([2H])c1[2H]. The van der Waals surface area contributed by atoms with Crippen molar-refractivity contribution in [3.8, 4) is 44.5 Å². The van der Waals surface area contributed by atoms with Crippen molar-refractivity contribution in [3.63, 3.8) is 0 Å². The van der Waals surface area contributed by atoms with Crippen LogP contribution in [0.2, 0.25) is 0 Å². The second-order valence-corrected chi connectivity index (χ2v) is 14.4. The third kappa shape index (κ3) is 4.40. The van der Waals surface area contributed by atoms with Crippen LogP contribution < -0.4 is 0 Å². The number of hydrogen-bond donors (Lipinski definition) is 0. The van der Waals surface area contributed by atoms with Crippen LogP contribution in [-0.2, 0) is 0 Å². The quantitative estimate of drug-likeness (QED) is 0.164. The molecule has 0 unspecified atom stereocenters. The average Bonchev–Trinajstić information content (AvgIpc) is 3.80. The molecule has 13 rings (SSSR count). The van der Waals surface area contributed by atoms with Crippen molar-refractivity contribution in [1.82, 2.24) is 0 Å². The molecular formula is C56H32O. The molecule has 0 fully saturated rings. The van der Waals surface area contributed by atoms with Gasteiger partial charge in [0.1, 0.15) is 11.2 Å². The van der Waals surface area contributed by atoms with E-state index in [2.05, 4.69) is 0 Å². The molecule has 0 bridgehead atoms. The van der Waals surface area contributed by atoms with Crippen LogP contribution in [0.15, 0.2) is 198 Å². The van der Waals surface area contributed by atoms with Crippen LogP contribution in [0, 0.1) is 0 Å². The van der Waals surface area contributed by atoms with Crippen molar-refractivity contribution in [3.05, 3.63) is 194 Å². The summed E-state index contributed by atoms with van der Waals surface area (Å²) < 4.78 is 137. The van der Waals surface area contributed by atoms with Gasteiger partial charge in [-0.1, -0.05) is 164 Å². The molecule has 0 radical (unpaired) electrons. The molecule has 1 heteroatoms. The predicted octanol–water partition coefficient (Wildman–Crippen LogP) is 16.0. The summed E-state index contributed by atoms with van der Waals surface area (Å²) in [5.41, 5.74) is -0.913. The molecule has 1 nitrogen and oxygen atoms in total. The number of fused-ring (bicyclic) bond motifs is 3. The third-order valence-corrected chi connectivity index (χ3v) is 11.5. The molecule has 57 heavy (non-hydrogen) atoms. The van der Waals surface area contributed by atoms with E-state index in [1.807, 2.05) is 109 Å². The van der Waals surface area contributed by atoms with E-state index >= 15 is 0 Å². The maximum atomic E-state index is 10.8. The van der Waals surface area contributed by atoms with Gasteiger partial charge in [-0.25, -0.2) is 0 Å².